The van der Waals surface area contributed by atoms with Gasteiger partial charge in [0, 0.05) is 0 Å². The lowest BCUT2D eigenvalue weighted by molar-refractivity contribution is 0.0600. The zero-order valence-corrected chi connectivity index (χ0v) is 18.6. The molecule has 0 aliphatic heterocycles. The molecule has 0 bridgehead atoms. The highest BCUT2D eigenvalue weighted by Gasteiger charge is 2.03. The molecule has 2 aromatic rings. The number of carbonyl (C=O) groups excluding carboxylic acids is 1. The lowest BCUT2D eigenvalue weighted by atomic mass is 10.1. The van der Waals surface area contributed by atoms with Gasteiger partial charge in [-0.25, -0.2) is 4.79 Å². The van der Waals surface area contributed by atoms with Crippen molar-refractivity contribution in [3.05, 3.63) is 65.2 Å². The van der Waals surface area contributed by atoms with Gasteiger partial charge in [-0.2, -0.15) is 0 Å². The smallest absolute Gasteiger partial charge is 0.337 e. The van der Waals surface area contributed by atoms with Gasteiger partial charge in [-0.05, 0) is 41.8 Å². The average molecular weight is 409 g/mol. The fourth-order valence-corrected chi connectivity index (χ4v) is 3.32. The maximum absolute atomic E-state index is 11.5. The minimum absolute atomic E-state index is 0.316. The minimum Gasteiger partial charge on any atom is -0.494 e. The normalized spacial score (nSPS) is 11.0. The summed E-state index contributed by atoms with van der Waals surface area (Å²) in [6.45, 7) is 3.05. The van der Waals surface area contributed by atoms with Crippen LogP contribution in [0.15, 0.2) is 48.5 Å². The zero-order valence-electron chi connectivity index (χ0n) is 18.6. The van der Waals surface area contributed by atoms with Crippen molar-refractivity contribution in [1.82, 2.24) is 0 Å². The molecule has 162 valence electrons. The number of unbranched alkanes of at least 4 members (excludes halogenated alkanes) is 8. The van der Waals surface area contributed by atoms with Crippen LogP contribution in [0.5, 0.6) is 5.75 Å². The lowest BCUT2D eigenvalue weighted by Gasteiger charge is -2.06. The third-order valence-corrected chi connectivity index (χ3v) is 5.20. The number of hydrogen-bond acceptors (Lipinski definition) is 3. The van der Waals surface area contributed by atoms with E-state index in [2.05, 4.69) is 25.1 Å². The first-order chi connectivity index (χ1) is 14.7. The molecule has 0 heterocycles. The number of rotatable bonds is 14. The Balaban J connectivity index is 1.64. The van der Waals surface area contributed by atoms with Crippen molar-refractivity contribution in [3.63, 3.8) is 0 Å². The third-order valence-electron chi connectivity index (χ3n) is 5.20. The van der Waals surface area contributed by atoms with Crippen LogP contribution in [0.4, 0.5) is 0 Å². The fourth-order valence-electron chi connectivity index (χ4n) is 3.32. The second-order valence-electron chi connectivity index (χ2n) is 7.69. The summed E-state index contributed by atoms with van der Waals surface area (Å²) in [5.74, 6) is 0.609. The molecule has 0 radical (unpaired) electrons. The van der Waals surface area contributed by atoms with Crippen molar-refractivity contribution in [2.75, 3.05) is 13.7 Å². The van der Waals surface area contributed by atoms with Crippen LogP contribution in [0.2, 0.25) is 0 Å². The van der Waals surface area contributed by atoms with E-state index in [-0.39, 0.29) is 5.97 Å². The van der Waals surface area contributed by atoms with Crippen molar-refractivity contribution in [3.8, 4) is 5.75 Å². The largest absolute Gasteiger partial charge is 0.494 e. The second-order valence-corrected chi connectivity index (χ2v) is 7.69. The summed E-state index contributed by atoms with van der Waals surface area (Å²) in [7, 11) is 1.39. The number of methoxy groups -OCH3 is 1. The molecule has 0 spiro atoms. The Labute approximate surface area is 182 Å². The van der Waals surface area contributed by atoms with Crippen molar-refractivity contribution in [2.24, 2.45) is 0 Å². The molecule has 0 amide bonds. The monoisotopic (exact) mass is 408 g/mol. The summed E-state index contributed by atoms with van der Waals surface area (Å²) in [4.78, 5) is 11.5. The van der Waals surface area contributed by atoms with E-state index in [1.54, 1.807) is 12.1 Å². The summed E-state index contributed by atoms with van der Waals surface area (Å²) in [5, 5.41) is 0. The predicted molar refractivity (Wildman–Crippen MR) is 126 cm³/mol. The van der Waals surface area contributed by atoms with Gasteiger partial charge in [0.25, 0.3) is 0 Å². The first kappa shape index (κ1) is 23.7. The number of hydrogen-bond donors (Lipinski definition) is 0. The molecule has 0 saturated carbocycles. The highest BCUT2D eigenvalue weighted by Crippen LogP contribution is 2.16. The molecule has 0 aliphatic rings. The number of ether oxygens (including phenoxy) is 2. The Bertz CT molecular complexity index is 745. The van der Waals surface area contributed by atoms with E-state index >= 15 is 0 Å². The van der Waals surface area contributed by atoms with E-state index in [4.69, 9.17) is 9.47 Å². The number of benzene rings is 2. The molecular weight excluding hydrogens is 372 g/mol. The van der Waals surface area contributed by atoms with Gasteiger partial charge in [0.05, 0.1) is 19.3 Å². The molecule has 2 rings (SSSR count). The van der Waals surface area contributed by atoms with Gasteiger partial charge in [-0.1, -0.05) is 94.7 Å². The molecule has 0 aliphatic carbocycles. The summed E-state index contributed by atoms with van der Waals surface area (Å²) in [6, 6.07) is 15.5. The number of esters is 1. The van der Waals surface area contributed by atoms with Crippen molar-refractivity contribution in [2.45, 2.75) is 64.7 Å². The molecule has 2 aromatic carbocycles. The zero-order chi connectivity index (χ0) is 21.4. The minimum atomic E-state index is -0.316. The summed E-state index contributed by atoms with van der Waals surface area (Å²) < 4.78 is 10.6. The maximum atomic E-state index is 11.5. The predicted octanol–water partition coefficient (Wildman–Crippen LogP) is 7.55. The molecule has 3 heteroatoms. The molecule has 3 nitrogen and oxygen atoms in total. The molecule has 0 aromatic heterocycles. The van der Waals surface area contributed by atoms with E-state index in [0.717, 1.165) is 29.9 Å². The Kier molecular flexibility index (Phi) is 11.4. The van der Waals surface area contributed by atoms with Gasteiger partial charge in [0.15, 0.2) is 0 Å². The standard InChI is InChI=1S/C27H36O3/c1-3-4-5-6-7-8-9-10-11-22-30-26-20-16-24(17-21-26)13-12-23-14-18-25(19-15-23)27(28)29-2/h12-21H,3-11,22H2,1-2H3/b13-12+. The van der Waals surface area contributed by atoms with Crippen LogP contribution in [0.25, 0.3) is 12.2 Å². The van der Waals surface area contributed by atoms with E-state index in [1.165, 1.54) is 58.5 Å². The van der Waals surface area contributed by atoms with Gasteiger partial charge in [-0.3, -0.25) is 0 Å². The Morgan fingerprint density at radius 2 is 1.23 bits per heavy atom. The first-order valence-electron chi connectivity index (χ1n) is 11.3. The average Bonchev–Trinajstić information content (AvgIpc) is 2.79. The highest BCUT2D eigenvalue weighted by atomic mass is 16.5. The number of carbonyl (C=O) groups is 1. The van der Waals surface area contributed by atoms with Crippen molar-refractivity contribution >= 4 is 18.1 Å². The van der Waals surface area contributed by atoms with E-state index in [9.17, 15) is 4.79 Å². The van der Waals surface area contributed by atoms with Crippen molar-refractivity contribution in [1.29, 1.82) is 0 Å². The van der Waals surface area contributed by atoms with E-state index < -0.39 is 0 Å². The Morgan fingerprint density at radius 1 is 0.733 bits per heavy atom. The Morgan fingerprint density at radius 3 is 1.77 bits per heavy atom. The SMILES string of the molecule is CCCCCCCCCCCOc1ccc(/C=C/c2ccc(C(=O)OC)cc2)cc1. The molecule has 0 saturated heterocycles. The second kappa shape index (κ2) is 14.4. The summed E-state index contributed by atoms with van der Waals surface area (Å²) >= 11 is 0. The van der Waals surface area contributed by atoms with Crippen LogP contribution in [0.3, 0.4) is 0 Å². The topological polar surface area (TPSA) is 35.5 Å². The third kappa shape index (κ3) is 9.30. The first-order valence-corrected chi connectivity index (χ1v) is 11.3. The van der Waals surface area contributed by atoms with E-state index in [0.29, 0.717) is 5.56 Å². The van der Waals surface area contributed by atoms with Crippen LogP contribution in [-0.2, 0) is 4.74 Å². The quantitative estimate of drug-likeness (QED) is 0.184. The molecule has 0 atom stereocenters. The maximum Gasteiger partial charge on any atom is 0.337 e. The van der Waals surface area contributed by atoms with Crippen LogP contribution < -0.4 is 4.74 Å². The fraction of sp³-hybridized carbons (Fsp3) is 0.444. The van der Waals surface area contributed by atoms with Crippen LogP contribution in [0.1, 0.15) is 86.2 Å². The van der Waals surface area contributed by atoms with Crippen LogP contribution in [0, 0.1) is 0 Å². The van der Waals surface area contributed by atoms with Crippen molar-refractivity contribution < 1.29 is 14.3 Å². The molecular formula is C27H36O3. The lowest BCUT2D eigenvalue weighted by Crippen LogP contribution is -2.00. The molecule has 0 unspecified atom stereocenters. The van der Waals surface area contributed by atoms with Crippen LogP contribution >= 0.6 is 0 Å². The van der Waals surface area contributed by atoms with Gasteiger partial charge >= 0.3 is 5.97 Å². The van der Waals surface area contributed by atoms with Gasteiger partial charge < -0.3 is 9.47 Å². The van der Waals surface area contributed by atoms with E-state index in [1.807, 2.05) is 30.3 Å². The van der Waals surface area contributed by atoms with Gasteiger partial charge in [0.1, 0.15) is 5.75 Å². The van der Waals surface area contributed by atoms with Gasteiger partial charge in [-0.15, -0.1) is 0 Å². The highest BCUT2D eigenvalue weighted by molar-refractivity contribution is 5.89. The molecule has 30 heavy (non-hydrogen) atoms. The van der Waals surface area contributed by atoms with Gasteiger partial charge in [0.2, 0.25) is 0 Å². The van der Waals surface area contributed by atoms with Crippen LogP contribution in [-0.4, -0.2) is 19.7 Å². The summed E-state index contributed by atoms with van der Waals surface area (Å²) in [5.41, 5.74) is 2.71. The Hall–Kier alpha value is -2.55. The molecule has 0 N–H and O–H groups in total. The summed E-state index contributed by atoms with van der Waals surface area (Å²) in [6.07, 6.45) is 16.0. The molecule has 0 fully saturated rings.